The van der Waals surface area contributed by atoms with Crippen LogP contribution in [0.4, 0.5) is 0 Å². The molecule has 1 amide bonds. The summed E-state index contributed by atoms with van der Waals surface area (Å²) in [6.45, 7) is 2.55. The minimum Gasteiger partial charge on any atom is -0.494 e. The van der Waals surface area contributed by atoms with Gasteiger partial charge in [0.2, 0.25) is 0 Å². The molecule has 0 saturated heterocycles. The Bertz CT molecular complexity index is 816. The number of nitrogens with zero attached hydrogens (tertiary/aromatic N) is 1. The summed E-state index contributed by atoms with van der Waals surface area (Å²) in [5, 5.41) is 4.02. The highest BCUT2D eigenvalue weighted by Gasteiger charge is 2.47. The molecule has 0 bridgehead atoms. The molecule has 1 heterocycles. The van der Waals surface area contributed by atoms with Gasteiger partial charge in [0.05, 0.1) is 12.1 Å². The van der Waals surface area contributed by atoms with Crippen LogP contribution in [0.1, 0.15) is 30.3 Å². The van der Waals surface area contributed by atoms with E-state index in [1.165, 1.54) is 6.20 Å². The molecule has 6 nitrogen and oxygen atoms in total. The number of hydrogen-bond donors (Lipinski definition) is 3. The van der Waals surface area contributed by atoms with Crippen LogP contribution in [0.25, 0.3) is 10.9 Å². The second kappa shape index (κ2) is 6.39. The fourth-order valence-electron chi connectivity index (χ4n) is 2.85. The van der Waals surface area contributed by atoms with Crippen LogP contribution in [0.15, 0.2) is 41.0 Å². The highest BCUT2D eigenvalue weighted by atomic mass is 16.5. The number of ether oxygens (including phenoxy) is 1. The van der Waals surface area contributed by atoms with Gasteiger partial charge < -0.3 is 20.8 Å². The molecule has 6 heteroatoms. The first kappa shape index (κ1) is 16.1. The van der Waals surface area contributed by atoms with Gasteiger partial charge in [-0.25, -0.2) is 0 Å². The van der Waals surface area contributed by atoms with Crippen molar-refractivity contribution in [3.8, 4) is 5.75 Å². The number of carbonyl (C=O) groups is 1. The van der Waals surface area contributed by atoms with Gasteiger partial charge in [-0.15, -0.1) is 0 Å². The van der Waals surface area contributed by atoms with Crippen molar-refractivity contribution in [2.75, 3.05) is 13.7 Å². The van der Waals surface area contributed by atoms with E-state index in [2.05, 4.69) is 15.3 Å². The monoisotopic (exact) mass is 326 g/mol. The van der Waals surface area contributed by atoms with Crippen LogP contribution in [-0.4, -0.2) is 36.3 Å². The molecule has 1 aliphatic carbocycles. The predicted octanol–water partition coefficient (Wildman–Crippen LogP) is 2.37. The average molecular weight is 326 g/mol. The van der Waals surface area contributed by atoms with Crippen molar-refractivity contribution in [1.29, 1.82) is 0 Å². The van der Waals surface area contributed by atoms with Gasteiger partial charge in [-0.05, 0) is 44.0 Å². The molecule has 0 spiro atoms. The van der Waals surface area contributed by atoms with Crippen molar-refractivity contribution in [3.05, 3.63) is 41.7 Å². The van der Waals surface area contributed by atoms with Crippen molar-refractivity contribution in [1.82, 2.24) is 10.3 Å². The highest BCUT2D eigenvalue weighted by molar-refractivity contribution is 6.00. The second-order valence-electron chi connectivity index (χ2n) is 5.91. The van der Waals surface area contributed by atoms with Crippen LogP contribution >= 0.6 is 0 Å². The number of rotatable bonds is 6. The SMILES string of the molecule is CCOc1ccc2[nH]c(C(=O)NC3(C(C=NC)=CN)CC3)cc2c1. The Hall–Kier alpha value is -2.76. The molecule has 1 aliphatic rings. The molecular weight excluding hydrogens is 304 g/mol. The Labute approximate surface area is 140 Å². The first-order chi connectivity index (χ1) is 11.6. The molecule has 1 aromatic heterocycles. The van der Waals surface area contributed by atoms with E-state index >= 15 is 0 Å². The normalized spacial score (nSPS) is 16.5. The Morgan fingerprint density at radius 2 is 2.25 bits per heavy atom. The van der Waals surface area contributed by atoms with E-state index in [-0.39, 0.29) is 11.4 Å². The second-order valence-corrected chi connectivity index (χ2v) is 5.91. The number of hydrogen-bond acceptors (Lipinski definition) is 4. The van der Waals surface area contributed by atoms with Gasteiger partial charge in [0, 0.05) is 35.9 Å². The number of benzene rings is 1. The van der Waals surface area contributed by atoms with Crippen molar-refractivity contribution >= 4 is 23.0 Å². The van der Waals surface area contributed by atoms with E-state index in [1.54, 1.807) is 13.3 Å². The number of nitrogens with two attached hydrogens (primary N) is 1. The minimum atomic E-state index is -0.390. The van der Waals surface area contributed by atoms with Gasteiger partial charge in [-0.3, -0.25) is 9.79 Å². The van der Waals surface area contributed by atoms with Crippen LogP contribution in [0.3, 0.4) is 0 Å². The summed E-state index contributed by atoms with van der Waals surface area (Å²) >= 11 is 0. The Morgan fingerprint density at radius 3 is 2.88 bits per heavy atom. The number of aromatic amines is 1. The molecule has 0 aliphatic heterocycles. The molecule has 0 unspecified atom stereocenters. The maximum absolute atomic E-state index is 12.6. The van der Waals surface area contributed by atoms with Crippen LogP contribution in [0.2, 0.25) is 0 Å². The highest BCUT2D eigenvalue weighted by Crippen LogP contribution is 2.41. The smallest absolute Gasteiger partial charge is 0.268 e. The molecule has 1 saturated carbocycles. The van der Waals surface area contributed by atoms with Crippen molar-refractivity contribution in [3.63, 3.8) is 0 Å². The molecule has 4 N–H and O–H groups in total. The number of fused-ring (bicyclic) bond motifs is 1. The average Bonchev–Trinajstić information content (AvgIpc) is 3.21. The third-order valence-electron chi connectivity index (χ3n) is 4.25. The topological polar surface area (TPSA) is 92.5 Å². The van der Waals surface area contributed by atoms with Crippen molar-refractivity contribution in [2.24, 2.45) is 10.7 Å². The molecule has 0 radical (unpaired) electrons. The number of amides is 1. The zero-order valence-electron chi connectivity index (χ0n) is 13.9. The van der Waals surface area contributed by atoms with E-state index in [1.807, 2.05) is 31.2 Å². The molecule has 126 valence electrons. The third kappa shape index (κ3) is 2.99. The fourth-order valence-corrected chi connectivity index (χ4v) is 2.85. The van der Waals surface area contributed by atoms with Crippen LogP contribution in [-0.2, 0) is 0 Å². The molecule has 1 aromatic carbocycles. The lowest BCUT2D eigenvalue weighted by molar-refractivity contribution is 0.0935. The quantitative estimate of drug-likeness (QED) is 0.712. The van der Waals surface area contributed by atoms with Crippen molar-refractivity contribution in [2.45, 2.75) is 25.3 Å². The number of carbonyl (C=O) groups excluding carboxylic acids is 1. The van der Waals surface area contributed by atoms with E-state index < -0.39 is 0 Å². The Balaban J connectivity index is 1.81. The summed E-state index contributed by atoms with van der Waals surface area (Å²) in [5.74, 6) is 0.646. The number of aromatic nitrogens is 1. The summed E-state index contributed by atoms with van der Waals surface area (Å²) in [7, 11) is 1.69. The van der Waals surface area contributed by atoms with Gasteiger partial charge in [0.15, 0.2) is 0 Å². The van der Waals surface area contributed by atoms with Gasteiger partial charge in [-0.1, -0.05) is 0 Å². The lowest BCUT2D eigenvalue weighted by atomic mass is 10.1. The van der Waals surface area contributed by atoms with Gasteiger partial charge in [0.25, 0.3) is 5.91 Å². The van der Waals surface area contributed by atoms with E-state index in [4.69, 9.17) is 10.5 Å². The minimum absolute atomic E-state index is 0.148. The molecular formula is C18H22N4O2. The summed E-state index contributed by atoms with van der Waals surface area (Å²) in [6, 6.07) is 7.56. The fraction of sp³-hybridized carbons (Fsp3) is 0.333. The van der Waals surface area contributed by atoms with Gasteiger partial charge in [0.1, 0.15) is 11.4 Å². The summed E-state index contributed by atoms with van der Waals surface area (Å²) in [4.78, 5) is 19.8. The maximum atomic E-state index is 12.6. The Kier molecular flexibility index (Phi) is 4.29. The lowest BCUT2D eigenvalue weighted by Gasteiger charge is -2.17. The van der Waals surface area contributed by atoms with Crippen LogP contribution in [0.5, 0.6) is 5.75 Å². The zero-order chi connectivity index (χ0) is 17.2. The number of nitrogens with one attached hydrogen (secondary N) is 2. The lowest BCUT2D eigenvalue weighted by Crippen LogP contribution is -2.39. The maximum Gasteiger partial charge on any atom is 0.268 e. The number of H-pyrrole nitrogens is 1. The molecule has 1 fully saturated rings. The van der Waals surface area contributed by atoms with Gasteiger partial charge in [-0.2, -0.15) is 0 Å². The summed E-state index contributed by atoms with van der Waals surface area (Å²) < 4.78 is 5.50. The van der Waals surface area contributed by atoms with Crippen LogP contribution < -0.4 is 15.8 Å². The largest absolute Gasteiger partial charge is 0.494 e. The van der Waals surface area contributed by atoms with E-state index in [0.29, 0.717) is 12.3 Å². The molecule has 3 rings (SSSR count). The van der Waals surface area contributed by atoms with E-state index in [9.17, 15) is 4.79 Å². The zero-order valence-corrected chi connectivity index (χ0v) is 13.9. The summed E-state index contributed by atoms with van der Waals surface area (Å²) in [5.41, 5.74) is 7.55. The predicted molar refractivity (Wildman–Crippen MR) is 95.6 cm³/mol. The molecule has 2 aromatic rings. The number of aliphatic imine (C=N–C) groups is 1. The van der Waals surface area contributed by atoms with E-state index in [0.717, 1.165) is 35.1 Å². The molecule has 24 heavy (non-hydrogen) atoms. The summed E-state index contributed by atoms with van der Waals surface area (Å²) in [6.07, 6.45) is 4.94. The van der Waals surface area contributed by atoms with Gasteiger partial charge >= 0.3 is 0 Å². The van der Waals surface area contributed by atoms with Crippen LogP contribution in [0, 0.1) is 0 Å². The standard InChI is InChI=1S/C18H22N4O2/c1-3-24-14-4-5-15-12(8-14)9-16(21-15)17(23)22-18(6-7-18)13(10-19)11-20-2/h4-5,8-11,21H,3,6-7,19H2,1-2H3,(H,22,23). The molecule has 0 atom stereocenters. The first-order valence-corrected chi connectivity index (χ1v) is 8.04. The first-order valence-electron chi connectivity index (χ1n) is 8.04. The van der Waals surface area contributed by atoms with Crippen molar-refractivity contribution < 1.29 is 9.53 Å². The Morgan fingerprint density at radius 1 is 1.46 bits per heavy atom. The third-order valence-corrected chi connectivity index (χ3v) is 4.25.